The van der Waals surface area contributed by atoms with Crippen LogP contribution in [0.1, 0.15) is 16.7 Å². The van der Waals surface area contributed by atoms with Crippen molar-refractivity contribution in [2.24, 2.45) is 0 Å². The molecule has 0 atom stereocenters. The molecule has 0 saturated heterocycles. The van der Waals surface area contributed by atoms with Gasteiger partial charge in [0.05, 0.1) is 11.3 Å². The number of imide groups is 1. The van der Waals surface area contributed by atoms with Gasteiger partial charge in [-0.2, -0.15) is 0 Å². The Kier molecular flexibility index (Phi) is 5.23. The number of anilines is 2. The average Bonchev–Trinajstić information content (AvgIpc) is 3.05. The Morgan fingerprint density at radius 1 is 0.788 bits per heavy atom. The van der Waals surface area contributed by atoms with Crippen LogP contribution in [0.4, 0.5) is 11.4 Å². The predicted molar refractivity (Wildman–Crippen MR) is 134 cm³/mol. The van der Waals surface area contributed by atoms with Gasteiger partial charge in [-0.3, -0.25) is 9.59 Å². The summed E-state index contributed by atoms with van der Waals surface area (Å²) in [5, 5.41) is 5.63. The van der Waals surface area contributed by atoms with E-state index in [1.54, 1.807) is 30.3 Å². The lowest BCUT2D eigenvalue weighted by molar-refractivity contribution is -0.120. The van der Waals surface area contributed by atoms with Gasteiger partial charge in [-0.25, -0.2) is 4.90 Å². The monoisotopic (exact) mass is 452 g/mol. The fourth-order valence-corrected chi connectivity index (χ4v) is 4.28. The van der Waals surface area contributed by atoms with Crippen LogP contribution in [0.3, 0.4) is 0 Å². The summed E-state index contributed by atoms with van der Waals surface area (Å²) in [7, 11) is 0. The first-order valence-corrected chi connectivity index (χ1v) is 11.0. The molecule has 0 aliphatic carbocycles. The van der Waals surface area contributed by atoms with Crippen LogP contribution in [0.15, 0.2) is 90.6 Å². The third-order valence-corrected chi connectivity index (χ3v) is 6.13. The molecule has 0 bridgehead atoms. The molecule has 5 heteroatoms. The van der Waals surface area contributed by atoms with Gasteiger partial charge in [0.25, 0.3) is 11.8 Å². The van der Waals surface area contributed by atoms with Crippen molar-refractivity contribution in [3.05, 3.63) is 112 Å². The van der Waals surface area contributed by atoms with Gasteiger partial charge in [-0.05, 0) is 60.2 Å². The van der Waals surface area contributed by atoms with E-state index >= 15 is 0 Å². The van der Waals surface area contributed by atoms with Gasteiger partial charge in [0.15, 0.2) is 0 Å². The number of hydrogen-bond acceptors (Lipinski definition) is 3. The van der Waals surface area contributed by atoms with Crippen LogP contribution in [0.2, 0.25) is 5.02 Å². The Balaban J connectivity index is 1.68. The number of rotatable bonds is 4. The molecule has 2 amide bonds. The van der Waals surface area contributed by atoms with Gasteiger partial charge in [0.2, 0.25) is 0 Å². The van der Waals surface area contributed by atoms with Crippen molar-refractivity contribution in [2.75, 3.05) is 10.2 Å². The van der Waals surface area contributed by atoms with Crippen molar-refractivity contribution in [1.82, 2.24) is 0 Å². The fourth-order valence-electron chi connectivity index (χ4n) is 4.16. The molecule has 1 aliphatic heterocycles. The van der Waals surface area contributed by atoms with E-state index in [2.05, 4.69) is 5.32 Å². The smallest absolute Gasteiger partial charge is 0.282 e. The number of amides is 2. The van der Waals surface area contributed by atoms with Crippen LogP contribution in [-0.2, 0) is 9.59 Å². The molecule has 0 aromatic heterocycles. The van der Waals surface area contributed by atoms with Crippen molar-refractivity contribution in [3.8, 4) is 0 Å². The fraction of sp³-hybridized carbons (Fsp3) is 0.0714. The summed E-state index contributed by atoms with van der Waals surface area (Å²) in [5.41, 5.74) is 4.60. The van der Waals surface area contributed by atoms with Crippen LogP contribution in [0, 0.1) is 13.8 Å². The minimum atomic E-state index is -0.387. The number of hydrogen-bond donors (Lipinski definition) is 1. The summed E-state index contributed by atoms with van der Waals surface area (Å²) < 4.78 is 0. The molecular weight excluding hydrogens is 432 g/mol. The molecule has 1 heterocycles. The van der Waals surface area contributed by atoms with Crippen molar-refractivity contribution in [2.45, 2.75) is 13.8 Å². The highest BCUT2D eigenvalue weighted by Crippen LogP contribution is 2.37. The van der Waals surface area contributed by atoms with Crippen molar-refractivity contribution in [1.29, 1.82) is 0 Å². The summed E-state index contributed by atoms with van der Waals surface area (Å²) in [6.45, 7) is 3.96. The number of halogens is 1. The lowest BCUT2D eigenvalue weighted by Crippen LogP contribution is -2.32. The maximum Gasteiger partial charge on any atom is 0.282 e. The molecule has 0 unspecified atom stereocenters. The van der Waals surface area contributed by atoms with E-state index in [4.69, 9.17) is 11.6 Å². The number of carbonyl (C=O) groups is 2. The summed E-state index contributed by atoms with van der Waals surface area (Å²) in [6.07, 6.45) is 0. The highest BCUT2D eigenvalue weighted by molar-refractivity contribution is 6.47. The van der Waals surface area contributed by atoms with Crippen LogP contribution in [-0.4, -0.2) is 11.8 Å². The van der Waals surface area contributed by atoms with Crippen LogP contribution < -0.4 is 10.2 Å². The quantitative estimate of drug-likeness (QED) is 0.359. The zero-order valence-electron chi connectivity index (χ0n) is 18.2. The molecule has 162 valence electrons. The maximum absolute atomic E-state index is 13.8. The molecule has 1 aliphatic rings. The average molecular weight is 453 g/mol. The minimum Gasteiger partial charge on any atom is -0.350 e. The van der Waals surface area contributed by atoms with Gasteiger partial charge in [-0.15, -0.1) is 0 Å². The Hall–Kier alpha value is -3.89. The first kappa shape index (κ1) is 21.0. The van der Waals surface area contributed by atoms with E-state index in [1.807, 2.05) is 68.4 Å². The Morgan fingerprint density at radius 3 is 2.30 bits per heavy atom. The molecule has 4 nitrogen and oxygen atoms in total. The van der Waals surface area contributed by atoms with Crippen LogP contribution in [0.5, 0.6) is 0 Å². The van der Waals surface area contributed by atoms with E-state index in [-0.39, 0.29) is 17.5 Å². The second-order valence-corrected chi connectivity index (χ2v) is 8.58. The Bertz CT molecular complexity index is 1450. The first-order chi connectivity index (χ1) is 15.9. The van der Waals surface area contributed by atoms with Gasteiger partial charge in [0.1, 0.15) is 5.70 Å². The molecule has 33 heavy (non-hydrogen) atoms. The van der Waals surface area contributed by atoms with Gasteiger partial charge < -0.3 is 5.32 Å². The largest absolute Gasteiger partial charge is 0.350 e. The number of nitrogens with zero attached hydrogens (tertiary/aromatic N) is 1. The third-order valence-electron chi connectivity index (χ3n) is 5.88. The summed E-state index contributed by atoms with van der Waals surface area (Å²) in [5.74, 6) is -0.756. The standard InChI is InChI=1S/C28H21ClN2O2/c1-17-10-11-18(2)23(16-17)30-26-25(20-12-14-21(29)15-13-20)27(32)31(28(26)33)24-9-5-7-19-6-3-4-8-22(19)24/h3-16,30H,1-2H3. The number of aryl methyl sites for hydroxylation is 2. The Labute approximate surface area is 197 Å². The lowest BCUT2D eigenvalue weighted by atomic mass is 10.0. The highest BCUT2D eigenvalue weighted by atomic mass is 35.5. The zero-order valence-corrected chi connectivity index (χ0v) is 19.0. The van der Waals surface area contributed by atoms with Crippen molar-refractivity contribution < 1.29 is 9.59 Å². The third kappa shape index (κ3) is 3.69. The topological polar surface area (TPSA) is 49.4 Å². The summed E-state index contributed by atoms with van der Waals surface area (Å²) in [6, 6.07) is 26.3. The molecule has 4 aromatic carbocycles. The van der Waals surface area contributed by atoms with E-state index in [9.17, 15) is 9.59 Å². The second-order valence-electron chi connectivity index (χ2n) is 8.14. The normalized spacial score (nSPS) is 13.8. The van der Waals surface area contributed by atoms with Gasteiger partial charge >= 0.3 is 0 Å². The second kappa shape index (κ2) is 8.23. The highest BCUT2D eigenvalue weighted by Gasteiger charge is 2.41. The maximum atomic E-state index is 13.8. The van der Waals surface area contributed by atoms with E-state index in [1.165, 1.54) is 4.90 Å². The molecule has 1 N–H and O–H groups in total. The summed E-state index contributed by atoms with van der Waals surface area (Å²) >= 11 is 6.08. The van der Waals surface area contributed by atoms with Crippen molar-refractivity contribution >= 4 is 51.1 Å². The molecule has 0 fully saturated rings. The molecule has 0 saturated carbocycles. The molecular formula is C28H21ClN2O2. The number of carbonyl (C=O) groups excluding carboxylic acids is 2. The number of nitrogens with one attached hydrogen (secondary N) is 1. The van der Waals surface area contributed by atoms with Crippen LogP contribution in [0.25, 0.3) is 16.3 Å². The minimum absolute atomic E-state index is 0.254. The first-order valence-electron chi connectivity index (χ1n) is 10.6. The van der Waals surface area contributed by atoms with E-state index in [0.717, 1.165) is 27.6 Å². The number of benzene rings is 4. The molecule has 4 aromatic rings. The van der Waals surface area contributed by atoms with Crippen LogP contribution >= 0.6 is 11.6 Å². The lowest BCUT2D eigenvalue weighted by Gasteiger charge is -2.18. The molecule has 0 radical (unpaired) electrons. The van der Waals surface area contributed by atoms with Gasteiger partial charge in [-0.1, -0.05) is 72.3 Å². The van der Waals surface area contributed by atoms with E-state index < -0.39 is 0 Å². The zero-order chi connectivity index (χ0) is 23.1. The Morgan fingerprint density at radius 2 is 1.52 bits per heavy atom. The van der Waals surface area contributed by atoms with Crippen molar-refractivity contribution in [3.63, 3.8) is 0 Å². The van der Waals surface area contributed by atoms with Gasteiger partial charge in [0, 0.05) is 16.1 Å². The number of fused-ring (bicyclic) bond motifs is 1. The SMILES string of the molecule is Cc1ccc(C)c(NC2=C(c3ccc(Cl)cc3)C(=O)N(c3cccc4ccccc34)C2=O)c1. The van der Waals surface area contributed by atoms with E-state index in [0.29, 0.717) is 21.8 Å². The molecule has 0 spiro atoms. The summed E-state index contributed by atoms with van der Waals surface area (Å²) in [4.78, 5) is 28.8. The predicted octanol–water partition coefficient (Wildman–Crippen LogP) is 6.51. The molecule has 5 rings (SSSR count).